The molecule has 0 aliphatic rings. The van der Waals surface area contributed by atoms with E-state index in [2.05, 4.69) is 17.6 Å². The molecule has 0 spiro atoms. The number of nitrogens with two attached hydrogens (primary N) is 1. The SMILES string of the molecule is CCCCCCNC(=O)NC(C=O)/C=C/C(N)=O. The molecule has 0 aliphatic heterocycles. The highest BCUT2D eigenvalue weighted by Crippen LogP contribution is 1.96. The van der Waals surface area contributed by atoms with Crippen molar-refractivity contribution in [3.8, 4) is 0 Å². The van der Waals surface area contributed by atoms with E-state index in [9.17, 15) is 14.4 Å². The molecular formula is C12H21N3O3. The van der Waals surface area contributed by atoms with E-state index in [1.807, 2.05) is 0 Å². The number of hydrogen-bond donors (Lipinski definition) is 3. The molecular weight excluding hydrogens is 234 g/mol. The summed E-state index contributed by atoms with van der Waals surface area (Å²) in [6.45, 7) is 2.68. The second-order valence-corrected chi connectivity index (χ2v) is 3.88. The van der Waals surface area contributed by atoms with Crippen molar-refractivity contribution in [2.75, 3.05) is 6.54 Å². The standard InChI is InChI=1S/C12H21N3O3/c1-2-3-4-5-8-14-12(18)15-10(9-16)6-7-11(13)17/h6-7,9-10H,2-5,8H2,1H3,(H2,13,17)(H2,14,15,18)/b7-6+. The fraction of sp³-hybridized carbons (Fsp3) is 0.583. The molecule has 0 fully saturated rings. The number of hydrogen-bond acceptors (Lipinski definition) is 3. The molecule has 4 N–H and O–H groups in total. The minimum atomic E-state index is -0.840. The molecule has 3 amide bonds. The van der Waals surface area contributed by atoms with Crippen LogP contribution in [0.25, 0.3) is 0 Å². The van der Waals surface area contributed by atoms with Gasteiger partial charge >= 0.3 is 6.03 Å². The molecule has 1 atom stereocenters. The third kappa shape index (κ3) is 9.38. The first kappa shape index (κ1) is 16.1. The van der Waals surface area contributed by atoms with Crippen molar-refractivity contribution in [2.45, 2.75) is 38.6 Å². The van der Waals surface area contributed by atoms with Crippen LogP contribution in [0.2, 0.25) is 0 Å². The van der Waals surface area contributed by atoms with Gasteiger partial charge in [0.1, 0.15) is 12.3 Å². The summed E-state index contributed by atoms with van der Waals surface area (Å²) in [5.74, 6) is -0.663. The molecule has 18 heavy (non-hydrogen) atoms. The number of aldehydes is 1. The van der Waals surface area contributed by atoms with E-state index in [0.29, 0.717) is 12.8 Å². The first-order valence-electron chi connectivity index (χ1n) is 6.07. The Morgan fingerprint density at radius 3 is 2.56 bits per heavy atom. The molecule has 0 bridgehead atoms. The normalized spacial score (nSPS) is 12.1. The van der Waals surface area contributed by atoms with Crippen LogP contribution in [0.3, 0.4) is 0 Å². The summed E-state index contributed by atoms with van der Waals surface area (Å²) in [7, 11) is 0. The zero-order chi connectivity index (χ0) is 13.8. The Morgan fingerprint density at radius 1 is 1.28 bits per heavy atom. The summed E-state index contributed by atoms with van der Waals surface area (Å²) in [4.78, 5) is 32.4. The van der Waals surface area contributed by atoms with Crippen molar-refractivity contribution in [1.29, 1.82) is 0 Å². The highest BCUT2D eigenvalue weighted by atomic mass is 16.2. The number of carbonyl (C=O) groups is 3. The first-order valence-corrected chi connectivity index (χ1v) is 6.07. The summed E-state index contributed by atoms with van der Waals surface area (Å²) >= 11 is 0. The molecule has 6 heteroatoms. The van der Waals surface area contributed by atoms with Gasteiger partial charge in [-0.05, 0) is 12.5 Å². The Hall–Kier alpha value is -1.85. The Kier molecular flexibility index (Phi) is 9.25. The van der Waals surface area contributed by atoms with E-state index < -0.39 is 18.0 Å². The number of unbranched alkanes of at least 4 members (excludes halogenated alkanes) is 3. The van der Waals surface area contributed by atoms with E-state index in [4.69, 9.17) is 5.73 Å². The van der Waals surface area contributed by atoms with Crippen molar-refractivity contribution in [3.63, 3.8) is 0 Å². The van der Waals surface area contributed by atoms with Gasteiger partial charge in [0.15, 0.2) is 0 Å². The summed E-state index contributed by atoms with van der Waals surface area (Å²) < 4.78 is 0. The van der Waals surface area contributed by atoms with Crippen molar-refractivity contribution in [3.05, 3.63) is 12.2 Å². The first-order chi connectivity index (χ1) is 8.60. The number of rotatable bonds is 9. The Balaban J connectivity index is 3.83. The average Bonchev–Trinajstić information content (AvgIpc) is 2.34. The van der Waals surface area contributed by atoms with Gasteiger partial charge in [-0.2, -0.15) is 0 Å². The maximum Gasteiger partial charge on any atom is 0.315 e. The van der Waals surface area contributed by atoms with Crippen LogP contribution in [0.5, 0.6) is 0 Å². The molecule has 0 aromatic rings. The van der Waals surface area contributed by atoms with Crippen molar-refractivity contribution < 1.29 is 14.4 Å². The molecule has 0 heterocycles. The third-order valence-electron chi connectivity index (χ3n) is 2.23. The lowest BCUT2D eigenvalue weighted by atomic mass is 10.2. The lowest BCUT2D eigenvalue weighted by molar-refractivity contribution is -0.113. The smallest absolute Gasteiger partial charge is 0.315 e. The maximum atomic E-state index is 11.4. The monoisotopic (exact) mass is 255 g/mol. The molecule has 0 radical (unpaired) electrons. The van der Waals surface area contributed by atoms with Crippen molar-refractivity contribution in [2.24, 2.45) is 5.73 Å². The van der Waals surface area contributed by atoms with Crippen LogP contribution in [0.1, 0.15) is 32.6 Å². The fourth-order valence-electron chi connectivity index (χ4n) is 1.28. The lowest BCUT2D eigenvalue weighted by Crippen LogP contribution is -2.42. The third-order valence-corrected chi connectivity index (χ3v) is 2.23. The van der Waals surface area contributed by atoms with Crippen LogP contribution >= 0.6 is 0 Å². The predicted molar refractivity (Wildman–Crippen MR) is 68.9 cm³/mol. The molecule has 1 unspecified atom stereocenters. The lowest BCUT2D eigenvalue weighted by Gasteiger charge is -2.09. The van der Waals surface area contributed by atoms with Crippen molar-refractivity contribution >= 4 is 18.2 Å². The molecule has 0 aromatic carbocycles. The minimum Gasteiger partial charge on any atom is -0.366 e. The second kappa shape index (κ2) is 10.3. The van der Waals surface area contributed by atoms with Gasteiger partial charge in [0.25, 0.3) is 0 Å². The van der Waals surface area contributed by atoms with Gasteiger partial charge in [0.05, 0.1) is 0 Å². The molecule has 0 aliphatic carbocycles. The Morgan fingerprint density at radius 2 is 2.00 bits per heavy atom. The van der Waals surface area contributed by atoms with Gasteiger partial charge in [-0.1, -0.05) is 26.2 Å². The maximum absolute atomic E-state index is 11.4. The zero-order valence-corrected chi connectivity index (χ0v) is 10.6. The number of urea groups is 1. The van der Waals surface area contributed by atoms with E-state index in [-0.39, 0.29) is 0 Å². The Labute approximate surface area is 107 Å². The highest BCUT2D eigenvalue weighted by Gasteiger charge is 2.07. The second-order valence-electron chi connectivity index (χ2n) is 3.88. The zero-order valence-electron chi connectivity index (χ0n) is 10.6. The largest absolute Gasteiger partial charge is 0.366 e. The van der Waals surface area contributed by atoms with Crippen molar-refractivity contribution in [1.82, 2.24) is 10.6 Å². The van der Waals surface area contributed by atoms with Gasteiger partial charge in [0, 0.05) is 12.6 Å². The van der Waals surface area contributed by atoms with Gasteiger partial charge in [-0.25, -0.2) is 4.79 Å². The molecule has 6 nitrogen and oxygen atoms in total. The van der Waals surface area contributed by atoms with Crippen LogP contribution in [0, 0.1) is 0 Å². The summed E-state index contributed by atoms with van der Waals surface area (Å²) in [5, 5.41) is 5.04. The van der Waals surface area contributed by atoms with Crippen LogP contribution < -0.4 is 16.4 Å². The average molecular weight is 255 g/mol. The Bertz CT molecular complexity index is 303. The summed E-state index contributed by atoms with van der Waals surface area (Å²) in [6, 6.07) is -1.27. The number of amides is 3. The predicted octanol–water partition coefficient (Wildman–Crippen LogP) is 0.475. The molecule has 0 saturated heterocycles. The van der Waals surface area contributed by atoms with Crippen LogP contribution in [0.4, 0.5) is 4.79 Å². The molecule has 0 rings (SSSR count). The minimum absolute atomic E-state index is 0.433. The van der Waals surface area contributed by atoms with E-state index >= 15 is 0 Å². The number of nitrogens with one attached hydrogen (secondary N) is 2. The molecule has 0 aromatic heterocycles. The van der Waals surface area contributed by atoms with E-state index in [1.165, 1.54) is 6.08 Å². The summed E-state index contributed by atoms with van der Waals surface area (Å²) in [5.41, 5.74) is 4.88. The quantitative estimate of drug-likeness (QED) is 0.317. The highest BCUT2D eigenvalue weighted by molar-refractivity contribution is 5.87. The van der Waals surface area contributed by atoms with Gasteiger partial charge in [0.2, 0.25) is 5.91 Å². The topological polar surface area (TPSA) is 101 Å². The van der Waals surface area contributed by atoms with E-state index in [0.717, 1.165) is 31.8 Å². The van der Waals surface area contributed by atoms with Gasteiger partial charge < -0.3 is 21.2 Å². The van der Waals surface area contributed by atoms with Crippen LogP contribution in [-0.2, 0) is 9.59 Å². The number of primary amides is 1. The fourth-order valence-corrected chi connectivity index (χ4v) is 1.28. The molecule has 102 valence electrons. The van der Waals surface area contributed by atoms with Gasteiger partial charge in [-0.15, -0.1) is 0 Å². The van der Waals surface area contributed by atoms with Crippen LogP contribution in [-0.4, -0.2) is 30.8 Å². The van der Waals surface area contributed by atoms with Gasteiger partial charge in [-0.3, -0.25) is 4.79 Å². The summed E-state index contributed by atoms with van der Waals surface area (Å²) in [6.07, 6.45) is 7.06. The number of carbonyl (C=O) groups excluding carboxylic acids is 3. The van der Waals surface area contributed by atoms with Crippen LogP contribution in [0.15, 0.2) is 12.2 Å². The van der Waals surface area contributed by atoms with E-state index in [1.54, 1.807) is 0 Å². The molecule has 0 saturated carbocycles.